The van der Waals surface area contributed by atoms with Crippen molar-refractivity contribution >= 4 is 23.3 Å². The number of aromatic carboxylic acids is 1. The molecule has 0 aliphatic rings. The normalized spacial score (nSPS) is 9.93. The van der Waals surface area contributed by atoms with Crippen LogP contribution in [0.5, 0.6) is 5.75 Å². The number of nitrogens with two attached hydrogens (primary N) is 1. The van der Waals surface area contributed by atoms with Crippen molar-refractivity contribution in [1.29, 1.82) is 0 Å². The minimum Gasteiger partial charge on any atom is -0.494 e. The highest BCUT2D eigenvalue weighted by atomic mass is 35.5. The van der Waals surface area contributed by atoms with Gasteiger partial charge in [-0.1, -0.05) is 11.6 Å². The highest BCUT2D eigenvalue weighted by Crippen LogP contribution is 2.33. The second-order valence-corrected chi connectivity index (χ2v) is 2.88. The maximum absolute atomic E-state index is 13.1. The van der Waals surface area contributed by atoms with Crippen LogP contribution in [0.2, 0.25) is 5.02 Å². The van der Waals surface area contributed by atoms with Gasteiger partial charge in [-0.25, -0.2) is 9.18 Å². The van der Waals surface area contributed by atoms with E-state index in [1.807, 2.05) is 0 Å². The molecule has 14 heavy (non-hydrogen) atoms. The molecule has 0 aromatic heterocycles. The van der Waals surface area contributed by atoms with Crippen LogP contribution in [0, 0.1) is 5.82 Å². The minimum atomic E-state index is -1.28. The molecule has 3 N–H and O–H groups in total. The van der Waals surface area contributed by atoms with Crippen molar-refractivity contribution in [1.82, 2.24) is 0 Å². The summed E-state index contributed by atoms with van der Waals surface area (Å²) >= 11 is 5.42. The number of benzene rings is 1. The molecular formula is C8H7ClFNO3. The maximum atomic E-state index is 13.1. The Labute approximate surface area is 84.0 Å². The van der Waals surface area contributed by atoms with Gasteiger partial charge in [0.25, 0.3) is 0 Å². The molecule has 6 heteroatoms. The Balaban J connectivity index is 3.51. The summed E-state index contributed by atoms with van der Waals surface area (Å²) in [6.45, 7) is 0. The molecule has 0 atom stereocenters. The number of carboxylic acid groups (broad SMARTS) is 1. The van der Waals surface area contributed by atoms with Crippen LogP contribution in [-0.2, 0) is 0 Å². The van der Waals surface area contributed by atoms with Gasteiger partial charge in [-0.2, -0.15) is 0 Å². The molecule has 4 nitrogen and oxygen atoms in total. The molecule has 1 aromatic carbocycles. The first-order valence-electron chi connectivity index (χ1n) is 3.53. The van der Waals surface area contributed by atoms with E-state index in [1.165, 1.54) is 7.11 Å². The zero-order valence-electron chi connectivity index (χ0n) is 7.17. The molecule has 0 bridgehead atoms. The van der Waals surface area contributed by atoms with E-state index in [0.717, 1.165) is 6.07 Å². The van der Waals surface area contributed by atoms with Crippen LogP contribution in [-0.4, -0.2) is 18.2 Å². The summed E-state index contributed by atoms with van der Waals surface area (Å²) in [5, 5.41) is 8.37. The van der Waals surface area contributed by atoms with Crippen molar-refractivity contribution in [3.63, 3.8) is 0 Å². The van der Waals surface area contributed by atoms with Gasteiger partial charge in [0.2, 0.25) is 0 Å². The first-order chi connectivity index (χ1) is 6.49. The first-order valence-corrected chi connectivity index (χ1v) is 3.91. The van der Waals surface area contributed by atoms with Gasteiger partial charge in [-0.05, 0) is 6.07 Å². The van der Waals surface area contributed by atoms with Crippen LogP contribution in [0.1, 0.15) is 10.4 Å². The van der Waals surface area contributed by atoms with Crippen LogP contribution in [0.25, 0.3) is 0 Å². The molecule has 0 heterocycles. The highest BCUT2D eigenvalue weighted by molar-refractivity contribution is 6.31. The quantitative estimate of drug-likeness (QED) is 0.744. The lowest BCUT2D eigenvalue weighted by molar-refractivity contribution is 0.0693. The van der Waals surface area contributed by atoms with Gasteiger partial charge in [0.15, 0.2) is 11.6 Å². The van der Waals surface area contributed by atoms with Crippen LogP contribution < -0.4 is 10.5 Å². The van der Waals surface area contributed by atoms with Gasteiger partial charge in [0.05, 0.1) is 12.1 Å². The number of carboxylic acids is 1. The van der Waals surface area contributed by atoms with Crippen molar-refractivity contribution < 1.29 is 19.0 Å². The van der Waals surface area contributed by atoms with Crippen molar-refractivity contribution in [3.05, 3.63) is 22.5 Å². The lowest BCUT2D eigenvalue weighted by Gasteiger charge is -2.09. The Bertz CT molecular complexity index is 395. The van der Waals surface area contributed by atoms with Crippen molar-refractivity contribution in [3.8, 4) is 5.75 Å². The summed E-state index contributed by atoms with van der Waals surface area (Å²) in [5.74, 6) is -2.39. The predicted molar refractivity (Wildman–Crippen MR) is 49.3 cm³/mol. The van der Waals surface area contributed by atoms with Crippen molar-refractivity contribution in [2.45, 2.75) is 0 Å². The molecule has 1 aromatic rings. The molecule has 76 valence electrons. The molecule has 0 unspecified atom stereocenters. The number of anilines is 1. The second-order valence-electron chi connectivity index (χ2n) is 2.47. The SMILES string of the molecule is COc1c(C(=O)O)cc(Cl)c(F)c1N. The van der Waals surface area contributed by atoms with Gasteiger partial charge in [-0.3, -0.25) is 0 Å². The van der Waals surface area contributed by atoms with E-state index in [2.05, 4.69) is 4.74 Å². The third kappa shape index (κ3) is 1.58. The Morgan fingerprint density at radius 2 is 2.29 bits per heavy atom. The second kappa shape index (κ2) is 3.71. The summed E-state index contributed by atoms with van der Waals surface area (Å²) in [6.07, 6.45) is 0. The van der Waals surface area contributed by atoms with Gasteiger partial charge in [-0.15, -0.1) is 0 Å². The van der Waals surface area contributed by atoms with E-state index in [1.54, 1.807) is 0 Å². The molecule has 0 aliphatic carbocycles. The Morgan fingerprint density at radius 3 is 2.71 bits per heavy atom. The summed E-state index contributed by atoms with van der Waals surface area (Å²) in [7, 11) is 1.20. The third-order valence-corrected chi connectivity index (χ3v) is 1.92. The van der Waals surface area contributed by atoms with E-state index in [-0.39, 0.29) is 16.3 Å². The van der Waals surface area contributed by atoms with Crippen molar-refractivity contribution in [2.75, 3.05) is 12.8 Å². The summed E-state index contributed by atoms with van der Waals surface area (Å²) < 4.78 is 17.8. The number of methoxy groups -OCH3 is 1. The molecule has 0 saturated carbocycles. The molecule has 0 amide bonds. The van der Waals surface area contributed by atoms with Crippen LogP contribution in [0.3, 0.4) is 0 Å². The topological polar surface area (TPSA) is 72.5 Å². The summed E-state index contributed by atoms with van der Waals surface area (Å²) in [4.78, 5) is 10.7. The lowest BCUT2D eigenvalue weighted by atomic mass is 10.1. The molecule has 0 radical (unpaired) electrons. The van der Waals surface area contributed by atoms with Gasteiger partial charge in [0, 0.05) is 0 Å². The Morgan fingerprint density at radius 1 is 1.71 bits per heavy atom. The number of ether oxygens (including phenoxy) is 1. The van der Waals surface area contributed by atoms with E-state index in [0.29, 0.717) is 0 Å². The summed E-state index contributed by atoms with van der Waals surface area (Å²) in [5.41, 5.74) is 4.61. The Hall–Kier alpha value is -1.49. The van der Waals surface area contributed by atoms with Crippen LogP contribution in [0.4, 0.5) is 10.1 Å². The minimum absolute atomic E-state index is 0.223. The predicted octanol–water partition coefficient (Wildman–Crippen LogP) is 1.77. The number of rotatable bonds is 2. The van der Waals surface area contributed by atoms with E-state index in [4.69, 9.17) is 22.4 Å². The van der Waals surface area contributed by atoms with Crippen LogP contribution >= 0.6 is 11.6 Å². The fraction of sp³-hybridized carbons (Fsp3) is 0.125. The standard InChI is InChI=1S/C8H7ClFNO3/c1-14-7-3(8(12)13)2-4(9)5(10)6(7)11/h2H,11H2,1H3,(H,12,13). The molecule has 0 fully saturated rings. The maximum Gasteiger partial charge on any atom is 0.339 e. The first kappa shape index (κ1) is 10.6. The zero-order chi connectivity index (χ0) is 10.9. The molecule has 0 saturated heterocycles. The fourth-order valence-corrected chi connectivity index (χ4v) is 1.22. The molecule has 0 spiro atoms. The van der Waals surface area contributed by atoms with E-state index >= 15 is 0 Å². The third-order valence-electron chi connectivity index (χ3n) is 1.64. The number of nitrogen functional groups attached to an aromatic ring is 1. The number of hydrogen-bond acceptors (Lipinski definition) is 3. The monoisotopic (exact) mass is 219 g/mol. The van der Waals surface area contributed by atoms with Crippen LogP contribution in [0.15, 0.2) is 6.07 Å². The van der Waals surface area contributed by atoms with Gasteiger partial charge >= 0.3 is 5.97 Å². The van der Waals surface area contributed by atoms with E-state index in [9.17, 15) is 9.18 Å². The average Bonchev–Trinajstić information content (AvgIpc) is 2.13. The average molecular weight is 220 g/mol. The lowest BCUT2D eigenvalue weighted by Crippen LogP contribution is -2.05. The fourth-order valence-electron chi connectivity index (χ4n) is 1.01. The smallest absolute Gasteiger partial charge is 0.339 e. The van der Waals surface area contributed by atoms with Crippen molar-refractivity contribution in [2.24, 2.45) is 0 Å². The number of hydrogen-bond donors (Lipinski definition) is 2. The number of carbonyl (C=O) groups is 1. The molecule has 0 aliphatic heterocycles. The van der Waals surface area contributed by atoms with Gasteiger partial charge in [0.1, 0.15) is 11.3 Å². The van der Waals surface area contributed by atoms with Gasteiger partial charge < -0.3 is 15.6 Å². The molecule has 1 rings (SSSR count). The van der Waals surface area contributed by atoms with E-state index < -0.39 is 17.5 Å². The highest BCUT2D eigenvalue weighted by Gasteiger charge is 2.19. The Kier molecular flexibility index (Phi) is 2.81. The zero-order valence-corrected chi connectivity index (χ0v) is 7.93. The largest absolute Gasteiger partial charge is 0.494 e. The summed E-state index contributed by atoms with van der Waals surface area (Å²) in [6, 6.07) is 0.953. The molecular weight excluding hydrogens is 213 g/mol. The number of halogens is 2.